The first-order chi connectivity index (χ1) is 8.65. The van der Waals surface area contributed by atoms with E-state index in [4.69, 9.17) is 4.74 Å². The minimum absolute atomic E-state index is 0.265. The summed E-state index contributed by atoms with van der Waals surface area (Å²) in [5, 5.41) is 0. The van der Waals surface area contributed by atoms with Crippen molar-refractivity contribution in [2.45, 2.75) is 33.7 Å². The minimum atomic E-state index is -0.265. The Kier molecular flexibility index (Phi) is 3.97. The molecule has 0 atom stereocenters. The van der Waals surface area contributed by atoms with E-state index in [1.807, 2.05) is 19.9 Å². The van der Waals surface area contributed by atoms with Crippen molar-refractivity contribution in [3.8, 4) is 0 Å². The lowest BCUT2D eigenvalue weighted by Crippen LogP contribution is -2.31. The predicted molar refractivity (Wildman–Crippen MR) is 69.6 cm³/mol. The number of ether oxygens (including phenoxy) is 1. The van der Waals surface area contributed by atoms with E-state index in [0.29, 0.717) is 12.2 Å². The average Bonchev–Trinajstić information content (AvgIpc) is 2.37. The number of esters is 1. The SMILES string of the molecule is CCOC(=O)c1cc2c(nc1C)CCN(CC)C2. The summed E-state index contributed by atoms with van der Waals surface area (Å²) in [5.74, 6) is -0.265. The normalized spacial score (nSPS) is 15.3. The van der Waals surface area contributed by atoms with Crippen LogP contribution in [0.2, 0.25) is 0 Å². The molecule has 0 N–H and O–H groups in total. The Morgan fingerprint density at radius 3 is 2.94 bits per heavy atom. The highest BCUT2D eigenvalue weighted by Gasteiger charge is 2.20. The molecule has 18 heavy (non-hydrogen) atoms. The van der Waals surface area contributed by atoms with Crippen molar-refractivity contribution >= 4 is 5.97 Å². The van der Waals surface area contributed by atoms with Crippen LogP contribution in [0, 0.1) is 6.92 Å². The summed E-state index contributed by atoms with van der Waals surface area (Å²) in [7, 11) is 0. The minimum Gasteiger partial charge on any atom is -0.462 e. The van der Waals surface area contributed by atoms with E-state index < -0.39 is 0 Å². The fourth-order valence-corrected chi connectivity index (χ4v) is 2.32. The lowest BCUT2D eigenvalue weighted by Gasteiger charge is -2.27. The van der Waals surface area contributed by atoms with E-state index in [-0.39, 0.29) is 5.97 Å². The first-order valence-electron chi connectivity index (χ1n) is 6.54. The Morgan fingerprint density at radius 1 is 1.50 bits per heavy atom. The van der Waals surface area contributed by atoms with E-state index in [0.717, 1.165) is 43.0 Å². The van der Waals surface area contributed by atoms with Gasteiger partial charge < -0.3 is 4.74 Å². The predicted octanol–water partition coefficient (Wildman–Crippen LogP) is 1.94. The van der Waals surface area contributed by atoms with Gasteiger partial charge in [0.2, 0.25) is 0 Å². The van der Waals surface area contributed by atoms with Gasteiger partial charge in [-0.05, 0) is 32.0 Å². The van der Waals surface area contributed by atoms with Gasteiger partial charge in [0.05, 0.1) is 17.9 Å². The Bertz CT molecular complexity index is 457. The maximum Gasteiger partial charge on any atom is 0.339 e. The molecule has 1 aromatic heterocycles. The number of aromatic nitrogens is 1. The monoisotopic (exact) mass is 248 g/mol. The van der Waals surface area contributed by atoms with Crippen molar-refractivity contribution in [2.24, 2.45) is 0 Å². The van der Waals surface area contributed by atoms with Gasteiger partial charge in [-0.2, -0.15) is 0 Å². The number of hydrogen-bond acceptors (Lipinski definition) is 4. The van der Waals surface area contributed by atoms with Crippen LogP contribution < -0.4 is 0 Å². The molecule has 1 aliphatic rings. The summed E-state index contributed by atoms with van der Waals surface area (Å²) < 4.78 is 5.06. The topological polar surface area (TPSA) is 42.4 Å². The zero-order chi connectivity index (χ0) is 13.1. The van der Waals surface area contributed by atoms with Crippen LogP contribution in [0.15, 0.2) is 6.07 Å². The van der Waals surface area contributed by atoms with Gasteiger partial charge in [0, 0.05) is 25.2 Å². The van der Waals surface area contributed by atoms with Crippen LogP contribution in [0.25, 0.3) is 0 Å². The van der Waals surface area contributed by atoms with Crippen molar-refractivity contribution in [2.75, 3.05) is 19.7 Å². The molecule has 0 aromatic carbocycles. The van der Waals surface area contributed by atoms with Crippen LogP contribution in [0.1, 0.15) is 41.2 Å². The molecule has 0 aliphatic carbocycles. The van der Waals surface area contributed by atoms with E-state index in [9.17, 15) is 4.79 Å². The Labute approximate surface area is 108 Å². The molecular formula is C14H20N2O2. The van der Waals surface area contributed by atoms with E-state index in [1.165, 1.54) is 0 Å². The number of carbonyl (C=O) groups is 1. The van der Waals surface area contributed by atoms with Gasteiger partial charge in [-0.25, -0.2) is 4.79 Å². The van der Waals surface area contributed by atoms with Crippen LogP contribution in [-0.4, -0.2) is 35.5 Å². The van der Waals surface area contributed by atoms with Crippen molar-refractivity contribution in [1.29, 1.82) is 0 Å². The molecule has 0 bridgehead atoms. The summed E-state index contributed by atoms with van der Waals surface area (Å²) >= 11 is 0. The highest BCUT2D eigenvalue weighted by atomic mass is 16.5. The van der Waals surface area contributed by atoms with Gasteiger partial charge >= 0.3 is 5.97 Å². The molecule has 0 radical (unpaired) electrons. The zero-order valence-electron chi connectivity index (χ0n) is 11.3. The molecule has 1 aromatic rings. The van der Waals surface area contributed by atoms with Gasteiger partial charge in [0.25, 0.3) is 0 Å². The molecule has 4 heteroatoms. The van der Waals surface area contributed by atoms with Gasteiger partial charge in [0.15, 0.2) is 0 Å². The van der Waals surface area contributed by atoms with Crippen molar-refractivity contribution < 1.29 is 9.53 Å². The second-order valence-corrected chi connectivity index (χ2v) is 4.57. The molecular weight excluding hydrogens is 228 g/mol. The molecule has 1 aliphatic heterocycles. The highest BCUT2D eigenvalue weighted by Crippen LogP contribution is 2.20. The number of aryl methyl sites for hydroxylation is 1. The zero-order valence-corrected chi connectivity index (χ0v) is 11.3. The number of fused-ring (bicyclic) bond motifs is 1. The van der Waals surface area contributed by atoms with Crippen LogP contribution in [0.4, 0.5) is 0 Å². The quantitative estimate of drug-likeness (QED) is 0.767. The lowest BCUT2D eigenvalue weighted by atomic mass is 10.0. The molecule has 2 heterocycles. The molecule has 0 amide bonds. The fourth-order valence-electron chi connectivity index (χ4n) is 2.32. The molecule has 0 unspecified atom stereocenters. The molecule has 2 rings (SSSR count). The van der Waals surface area contributed by atoms with E-state index in [2.05, 4.69) is 16.8 Å². The maximum absolute atomic E-state index is 11.8. The third kappa shape index (κ3) is 2.53. The second-order valence-electron chi connectivity index (χ2n) is 4.57. The highest BCUT2D eigenvalue weighted by molar-refractivity contribution is 5.90. The van der Waals surface area contributed by atoms with Crippen LogP contribution in [-0.2, 0) is 17.7 Å². The van der Waals surface area contributed by atoms with Crippen molar-refractivity contribution in [1.82, 2.24) is 9.88 Å². The molecule has 0 saturated carbocycles. The first kappa shape index (κ1) is 13.0. The van der Waals surface area contributed by atoms with Gasteiger partial charge in [0.1, 0.15) is 0 Å². The Morgan fingerprint density at radius 2 is 2.28 bits per heavy atom. The van der Waals surface area contributed by atoms with Gasteiger partial charge in [-0.15, -0.1) is 0 Å². The van der Waals surface area contributed by atoms with Crippen molar-refractivity contribution in [3.63, 3.8) is 0 Å². The number of likely N-dealkylation sites (N-methyl/N-ethyl adjacent to an activating group) is 1. The molecule has 4 nitrogen and oxygen atoms in total. The lowest BCUT2D eigenvalue weighted by molar-refractivity contribution is 0.0524. The van der Waals surface area contributed by atoms with Gasteiger partial charge in [-0.3, -0.25) is 9.88 Å². The third-order valence-corrected chi connectivity index (χ3v) is 3.38. The number of pyridine rings is 1. The smallest absolute Gasteiger partial charge is 0.339 e. The van der Waals surface area contributed by atoms with E-state index in [1.54, 1.807) is 0 Å². The standard InChI is InChI=1S/C14H20N2O2/c1-4-16-7-6-13-11(9-16)8-12(10(3)15-13)14(17)18-5-2/h8H,4-7,9H2,1-3H3. The number of nitrogens with zero attached hydrogens (tertiary/aromatic N) is 2. The molecule has 98 valence electrons. The number of carbonyl (C=O) groups excluding carboxylic acids is 1. The van der Waals surface area contributed by atoms with Gasteiger partial charge in [-0.1, -0.05) is 6.92 Å². The molecule has 0 spiro atoms. The van der Waals surface area contributed by atoms with Crippen LogP contribution >= 0.6 is 0 Å². The summed E-state index contributed by atoms with van der Waals surface area (Å²) in [4.78, 5) is 18.7. The number of hydrogen-bond donors (Lipinski definition) is 0. The van der Waals surface area contributed by atoms with Crippen LogP contribution in [0.3, 0.4) is 0 Å². The fraction of sp³-hybridized carbons (Fsp3) is 0.571. The molecule has 0 fully saturated rings. The Hall–Kier alpha value is -1.42. The number of rotatable bonds is 3. The maximum atomic E-state index is 11.8. The largest absolute Gasteiger partial charge is 0.462 e. The van der Waals surface area contributed by atoms with E-state index >= 15 is 0 Å². The summed E-state index contributed by atoms with van der Waals surface area (Å²) in [6, 6.07) is 1.96. The average molecular weight is 248 g/mol. The Balaban J connectivity index is 2.31. The van der Waals surface area contributed by atoms with Crippen molar-refractivity contribution in [3.05, 3.63) is 28.6 Å². The van der Waals surface area contributed by atoms with Crippen LogP contribution in [0.5, 0.6) is 0 Å². The second kappa shape index (κ2) is 5.48. The summed E-state index contributed by atoms with van der Waals surface area (Å²) in [6.45, 7) is 9.20. The summed E-state index contributed by atoms with van der Waals surface area (Å²) in [6.07, 6.45) is 0.965. The third-order valence-electron chi connectivity index (χ3n) is 3.38. The summed E-state index contributed by atoms with van der Waals surface area (Å²) in [5.41, 5.74) is 3.67. The first-order valence-corrected chi connectivity index (χ1v) is 6.54. The molecule has 0 saturated heterocycles.